The number of benzene rings is 2. The molecule has 1 N–H and O–H groups in total. The Morgan fingerprint density at radius 3 is 2.50 bits per heavy atom. The second-order valence-electron chi connectivity index (χ2n) is 6.05. The number of aryl methyl sites for hydroxylation is 2. The van der Waals surface area contributed by atoms with Gasteiger partial charge in [0.25, 0.3) is 0 Å². The zero-order chi connectivity index (χ0) is 17.2. The number of aliphatic hydroxyl groups is 1. The van der Waals surface area contributed by atoms with Crippen LogP contribution in [0.25, 0.3) is 0 Å². The Kier molecular flexibility index (Phi) is 4.88. The molecule has 0 spiro atoms. The van der Waals surface area contributed by atoms with Crippen molar-refractivity contribution in [2.75, 3.05) is 12.4 Å². The first kappa shape index (κ1) is 16.9. The third-order valence-corrected chi connectivity index (χ3v) is 6.41. The molecule has 0 aliphatic heterocycles. The van der Waals surface area contributed by atoms with E-state index < -0.39 is 9.84 Å². The standard InChI is InChI=1S/C20H22O3S/c1-2-24(22,23)17-12-11-16-10-9-15-6-3-4-7-18(15)19(8-5-13-21)20(16)14-17/h3-8,11-12,14,19,21H,2,9-10,13H2,1H3/b8-5+. The van der Waals surface area contributed by atoms with Crippen LogP contribution in [0.4, 0.5) is 0 Å². The maximum Gasteiger partial charge on any atom is 0.178 e. The molecule has 2 aromatic rings. The van der Waals surface area contributed by atoms with Gasteiger partial charge in [-0.3, -0.25) is 0 Å². The molecular formula is C20H22O3S. The molecule has 2 aromatic carbocycles. The molecule has 0 amide bonds. The van der Waals surface area contributed by atoms with Crippen LogP contribution >= 0.6 is 0 Å². The summed E-state index contributed by atoms with van der Waals surface area (Å²) in [5, 5.41) is 9.20. The Hall–Kier alpha value is -1.91. The maximum absolute atomic E-state index is 12.3. The summed E-state index contributed by atoms with van der Waals surface area (Å²) >= 11 is 0. The number of rotatable bonds is 4. The lowest BCUT2D eigenvalue weighted by Crippen LogP contribution is -2.07. The van der Waals surface area contributed by atoms with Gasteiger partial charge in [-0.25, -0.2) is 8.42 Å². The molecule has 0 heterocycles. The highest BCUT2D eigenvalue weighted by Crippen LogP contribution is 2.36. The highest BCUT2D eigenvalue weighted by molar-refractivity contribution is 7.91. The van der Waals surface area contributed by atoms with Crippen LogP contribution in [-0.4, -0.2) is 25.9 Å². The normalized spacial score (nSPS) is 17.3. The van der Waals surface area contributed by atoms with Crippen molar-refractivity contribution < 1.29 is 13.5 Å². The minimum Gasteiger partial charge on any atom is -0.392 e. The summed E-state index contributed by atoms with van der Waals surface area (Å²) in [4.78, 5) is 0.380. The second kappa shape index (κ2) is 6.91. The molecule has 24 heavy (non-hydrogen) atoms. The maximum atomic E-state index is 12.3. The lowest BCUT2D eigenvalue weighted by molar-refractivity contribution is 0.342. The van der Waals surface area contributed by atoms with E-state index in [1.807, 2.05) is 30.3 Å². The van der Waals surface area contributed by atoms with Crippen LogP contribution in [0.3, 0.4) is 0 Å². The molecule has 126 valence electrons. The molecule has 0 radical (unpaired) electrons. The topological polar surface area (TPSA) is 54.4 Å². The third-order valence-electron chi connectivity index (χ3n) is 4.68. The minimum atomic E-state index is -3.24. The quantitative estimate of drug-likeness (QED) is 0.868. The van der Waals surface area contributed by atoms with E-state index >= 15 is 0 Å². The van der Waals surface area contributed by atoms with Crippen LogP contribution in [-0.2, 0) is 22.7 Å². The predicted octanol–water partition coefficient (Wildman–Crippen LogP) is 3.26. The van der Waals surface area contributed by atoms with Crippen LogP contribution in [0, 0.1) is 0 Å². The van der Waals surface area contributed by atoms with Gasteiger partial charge in [0.05, 0.1) is 17.3 Å². The Labute approximate surface area is 143 Å². The van der Waals surface area contributed by atoms with Gasteiger partial charge in [-0.2, -0.15) is 0 Å². The number of allylic oxidation sites excluding steroid dienone is 1. The molecule has 0 saturated carbocycles. The largest absolute Gasteiger partial charge is 0.392 e. The first-order valence-electron chi connectivity index (χ1n) is 8.27. The van der Waals surface area contributed by atoms with Crippen LogP contribution in [0.15, 0.2) is 59.5 Å². The summed E-state index contributed by atoms with van der Waals surface area (Å²) in [6, 6.07) is 13.8. The van der Waals surface area contributed by atoms with Crippen molar-refractivity contribution in [3.8, 4) is 0 Å². The summed E-state index contributed by atoms with van der Waals surface area (Å²) in [7, 11) is -3.24. The van der Waals surface area contributed by atoms with Crippen LogP contribution < -0.4 is 0 Å². The second-order valence-corrected chi connectivity index (χ2v) is 8.33. The number of sulfone groups is 1. The first-order valence-corrected chi connectivity index (χ1v) is 9.93. The van der Waals surface area contributed by atoms with E-state index in [0.717, 1.165) is 18.4 Å². The lowest BCUT2D eigenvalue weighted by atomic mass is 9.88. The molecule has 0 bridgehead atoms. The lowest BCUT2D eigenvalue weighted by Gasteiger charge is -2.18. The monoisotopic (exact) mass is 342 g/mol. The van der Waals surface area contributed by atoms with Gasteiger partial charge in [0.2, 0.25) is 0 Å². The van der Waals surface area contributed by atoms with E-state index in [4.69, 9.17) is 0 Å². The van der Waals surface area contributed by atoms with E-state index in [2.05, 4.69) is 12.1 Å². The van der Waals surface area contributed by atoms with Crippen molar-refractivity contribution in [3.63, 3.8) is 0 Å². The summed E-state index contributed by atoms with van der Waals surface area (Å²) in [5.74, 6) is 0.0670. The smallest absolute Gasteiger partial charge is 0.178 e. The number of hydrogen-bond acceptors (Lipinski definition) is 3. The molecule has 3 nitrogen and oxygen atoms in total. The average Bonchev–Trinajstić information content (AvgIpc) is 2.76. The Balaban J connectivity index is 2.20. The Morgan fingerprint density at radius 2 is 1.79 bits per heavy atom. The van der Waals surface area contributed by atoms with Gasteiger partial charge in [0.1, 0.15) is 0 Å². The molecule has 1 atom stereocenters. The van der Waals surface area contributed by atoms with E-state index in [-0.39, 0.29) is 18.3 Å². The first-order chi connectivity index (χ1) is 11.6. The third kappa shape index (κ3) is 3.17. The van der Waals surface area contributed by atoms with Gasteiger partial charge >= 0.3 is 0 Å². The average molecular weight is 342 g/mol. The fraction of sp³-hybridized carbons (Fsp3) is 0.300. The van der Waals surface area contributed by atoms with Gasteiger partial charge in [-0.15, -0.1) is 0 Å². The van der Waals surface area contributed by atoms with E-state index in [1.165, 1.54) is 16.7 Å². The van der Waals surface area contributed by atoms with Crippen LogP contribution in [0.5, 0.6) is 0 Å². The summed E-state index contributed by atoms with van der Waals surface area (Å²) < 4.78 is 24.6. The van der Waals surface area contributed by atoms with Gasteiger partial charge in [0, 0.05) is 5.92 Å². The number of aliphatic hydroxyl groups excluding tert-OH is 1. The van der Waals surface area contributed by atoms with Crippen molar-refractivity contribution >= 4 is 9.84 Å². The van der Waals surface area contributed by atoms with E-state index in [9.17, 15) is 13.5 Å². The molecule has 0 fully saturated rings. The van der Waals surface area contributed by atoms with Crippen molar-refractivity contribution in [2.45, 2.75) is 30.6 Å². The zero-order valence-corrected chi connectivity index (χ0v) is 14.6. The SMILES string of the molecule is CCS(=O)(=O)c1ccc2c(c1)C(/C=C/CO)c1ccccc1CC2. The summed E-state index contributed by atoms with van der Waals surface area (Å²) in [6.45, 7) is 1.64. The molecular weight excluding hydrogens is 320 g/mol. The molecule has 0 aromatic heterocycles. The fourth-order valence-electron chi connectivity index (χ4n) is 3.36. The van der Waals surface area contributed by atoms with Crippen molar-refractivity contribution in [1.29, 1.82) is 0 Å². The molecule has 1 aliphatic rings. The number of hydrogen-bond donors (Lipinski definition) is 1. The highest BCUT2D eigenvalue weighted by atomic mass is 32.2. The highest BCUT2D eigenvalue weighted by Gasteiger charge is 2.23. The van der Waals surface area contributed by atoms with E-state index in [0.29, 0.717) is 4.90 Å². The minimum absolute atomic E-state index is 0.0268. The molecule has 3 rings (SSSR count). The molecule has 1 unspecified atom stereocenters. The van der Waals surface area contributed by atoms with Gasteiger partial charge in [-0.1, -0.05) is 49.4 Å². The zero-order valence-electron chi connectivity index (χ0n) is 13.8. The van der Waals surface area contributed by atoms with Crippen molar-refractivity contribution in [2.24, 2.45) is 0 Å². The predicted molar refractivity (Wildman–Crippen MR) is 96.1 cm³/mol. The Bertz CT molecular complexity index is 866. The van der Waals surface area contributed by atoms with Gasteiger partial charge in [0.15, 0.2) is 9.84 Å². The molecule has 1 aliphatic carbocycles. The van der Waals surface area contributed by atoms with Gasteiger partial charge in [-0.05, 0) is 47.2 Å². The summed E-state index contributed by atoms with van der Waals surface area (Å²) in [5.41, 5.74) is 4.67. The van der Waals surface area contributed by atoms with Crippen LogP contribution in [0.1, 0.15) is 35.1 Å². The van der Waals surface area contributed by atoms with Crippen molar-refractivity contribution in [3.05, 3.63) is 76.9 Å². The van der Waals surface area contributed by atoms with Gasteiger partial charge < -0.3 is 5.11 Å². The van der Waals surface area contributed by atoms with Crippen LogP contribution in [0.2, 0.25) is 0 Å². The molecule has 0 saturated heterocycles. The summed E-state index contributed by atoms with van der Waals surface area (Å²) in [6.07, 6.45) is 5.54. The van der Waals surface area contributed by atoms with Crippen molar-refractivity contribution in [1.82, 2.24) is 0 Å². The Morgan fingerprint density at radius 1 is 1.08 bits per heavy atom. The van der Waals surface area contributed by atoms with E-state index in [1.54, 1.807) is 19.1 Å². The number of fused-ring (bicyclic) bond motifs is 2. The molecule has 4 heteroatoms. The fourth-order valence-corrected chi connectivity index (χ4v) is 4.27.